The second kappa shape index (κ2) is 10.6. The summed E-state index contributed by atoms with van der Waals surface area (Å²) < 4.78 is 10.4. The van der Waals surface area contributed by atoms with Crippen molar-refractivity contribution in [2.24, 2.45) is 0 Å². The Morgan fingerprint density at radius 2 is 1.93 bits per heavy atom. The molecule has 1 atom stereocenters. The fourth-order valence-electron chi connectivity index (χ4n) is 2.40. The first-order valence-corrected chi connectivity index (χ1v) is 9.13. The quantitative estimate of drug-likeness (QED) is 0.634. The number of para-hydroxylation sites is 1. The van der Waals surface area contributed by atoms with E-state index in [0.29, 0.717) is 36.2 Å². The van der Waals surface area contributed by atoms with Crippen molar-refractivity contribution in [3.05, 3.63) is 53.6 Å². The maximum Gasteiger partial charge on any atom is 0.319 e. The normalized spacial score (nSPS) is 11.6. The third kappa shape index (κ3) is 6.66. The van der Waals surface area contributed by atoms with Gasteiger partial charge in [0, 0.05) is 38.1 Å². The molecule has 0 radical (unpaired) electrons. The van der Waals surface area contributed by atoms with Crippen LogP contribution in [0.25, 0.3) is 0 Å². The van der Waals surface area contributed by atoms with Crippen LogP contribution in [0.5, 0.6) is 5.75 Å². The number of rotatable bonds is 9. The van der Waals surface area contributed by atoms with E-state index < -0.39 is 0 Å². The van der Waals surface area contributed by atoms with E-state index in [9.17, 15) is 4.79 Å². The molecule has 0 fully saturated rings. The molecule has 0 heterocycles. The standard InChI is InChI=1S/C20H26ClN3O3/c1-15(24(2)17-7-5-4-6-8-17)14-22-20(25)23-16-9-10-19(18(21)13-16)27-12-11-26-3/h4-10,13,15H,11-12,14H2,1-3H3,(H2,22,23,25). The molecule has 27 heavy (non-hydrogen) atoms. The zero-order valence-electron chi connectivity index (χ0n) is 15.9. The number of hydrogen-bond acceptors (Lipinski definition) is 4. The van der Waals surface area contributed by atoms with Gasteiger partial charge in [-0.1, -0.05) is 29.8 Å². The van der Waals surface area contributed by atoms with Gasteiger partial charge in [0.05, 0.1) is 11.6 Å². The lowest BCUT2D eigenvalue weighted by molar-refractivity contribution is 0.146. The Bertz CT molecular complexity index is 728. The van der Waals surface area contributed by atoms with E-state index in [0.717, 1.165) is 5.69 Å². The molecule has 0 aliphatic carbocycles. The molecule has 0 saturated heterocycles. The minimum Gasteiger partial charge on any atom is -0.490 e. The first-order valence-electron chi connectivity index (χ1n) is 8.75. The van der Waals surface area contributed by atoms with Crippen molar-refractivity contribution in [2.45, 2.75) is 13.0 Å². The number of urea groups is 1. The van der Waals surface area contributed by atoms with Crippen LogP contribution in [-0.4, -0.2) is 46.0 Å². The molecular weight excluding hydrogens is 366 g/mol. The van der Waals surface area contributed by atoms with Crippen LogP contribution in [-0.2, 0) is 4.74 Å². The number of amides is 2. The summed E-state index contributed by atoms with van der Waals surface area (Å²) in [5, 5.41) is 6.08. The Morgan fingerprint density at radius 1 is 1.19 bits per heavy atom. The number of likely N-dealkylation sites (N-methyl/N-ethyl adjacent to an activating group) is 1. The van der Waals surface area contributed by atoms with Crippen molar-refractivity contribution >= 4 is 29.0 Å². The molecule has 2 rings (SSSR count). The van der Waals surface area contributed by atoms with Crippen molar-refractivity contribution in [1.29, 1.82) is 0 Å². The van der Waals surface area contributed by atoms with E-state index in [2.05, 4.69) is 22.5 Å². The maximum atomic E-state index is 12.2. The number of carbonyl (C=O) groups is 1. The van der Waals surface area contributed by atoms with Crippen LogP contribution < -0.4 is 20.3 Å². The summed E-state index contributed by atoms with van der Waals surface area (Å²) in [6.45, 7) is 3.45. The number of nitrogens with zero attached hydrogens (tertiary/aromatic N) is 1. The Balaban J connectivity index is 1.82. The molecule has 0 aliphatic heterocycles. The van der Waals surface area contributed by atoms with Crippen molar-refractivity contribution < 1.29 is 14.3 Å². The van der Waals surface area contributed by atoms with E-state index >= 15 is 0 Å². The number of methoxy groups -OCH3 is 1. The Labute approximate surface area is 165 Å². The van der Waals surface area contributed by atoms with Crippen LogP contribution in [0.1, 0.15) is 6.92 Å². The first kappa shape index (κ1) is 20.9. The van der Waals surface area contributed by atoms with E-state index in [1.54, 1.807) is 25.3 Å². The summed E-state index contributed by atoms with van der Waals surface area (Å²) in [5.41, 5.74) is 1.70. The van der Waals surface area contributed by atoms with Crippen LogP contribution >= 0.6 is 11.6 Å². The lowest BCUT2D eigenvalue weighted by atomic mass is 10.2. The van der Waals surface area contributed by atoms with E-state index in [4.69, 9.17) is 21.1 Å². The molecule has 6 nitrogen and oxygen atoms in total. The number of carbonyl (C=O) groups excluding carboxylic acids is 1. The van der Waals surface area contributed by atoms with Crippen LogP contribution in [0.2, 0.25) is 5.02 Å². The highest BCUT2D eigenvalue weighted by molar-refractivity contribution is 6.32. The molecule has 1 unspecified atom stereocenters. The van der Waals surface area contributed by atoms with Crippen molar-refractivity contribution in [1.82, 2.24) is 5.32 Å². The zero-order valence-corrected chi connectivity index (χ0v) is 16.6. The van der Waals surface area contributed by atoms with Gasteiger partial charge < -0.3 is 25.0 Å². The van der Waals surface area contributed by atoms with Gasteiger partial charge in [-0.05, 0) is 37.3 Å². The maximum absolute atomic E-state index is 12.2. The van der Waals surface area contributed by atoms with Gasteiger partial charge in [-0.2, -0.15) is 0 Å². The van der Waals surface area contributed by atoms with Gasteiger partial charge in [0.25, 0.3) is 0 Å². The number of hydrogen-bond donors (Lipinski definition) is 2. The second-order valence-electron chi connectivity index (χ2n) is 6.12. The predicted octanol–water partition coefficient (Wildman–Crippen LogP) is 4.01. The van der Waals surface area contributed by atoms with Gasteiger partial charge in [-0.15, -0.1) is 0 Å². The Kier molecular flexibility index (Phi) is 8.23. The number of nitrogens with one attached hydrogen (secondary N) is 2. The van der Waals surface area contributed by atoms with Gasteiger partial charge >= 0.3 is 6.03 Å². The van der Waals surface area contributed by atoms with Crippen LogP contribution in [0.15, 0.2) is 48.5 Å². The summed E-state index contributed by atoms with van der Waals surface area (Å²) in [4.78, 5) is 14.3. The van der Waals surface area contributed by atoms with Crippen LogP contribution in [0.4, 0.5) is 16.2 Å². The third-order valence-electron chi connectivity index (χ3n) is 4.12. The second-order valence-corrected chi connectivity index (χ2v) is 6.52. The molecule has 0 spiro atoms. The predicted molar refractivity (Wildman–Crippen MR) is 110 cm³/mol. The average molecular weight is 392 g/mol. The molecule has 146 valence electrons. The highest BCUT2D eigenvalue weighted by Gasteiger charge is 2.12. The lowest BCUT2D eigenvalue weighted by Crippen LogP contribution is -2.41. The Morgan fingerprint density at radius 3 is 2.59 bits per heavy atom. The smallest absolute Gasteiger partial charge is 0.319 e. The van der Waals surface area contributed by atoms with Crippen LogP contribution in [0.3, 0.4) is 0 Å². The highest BCUT2D eigenvalue weighted by Crippen LogP contribution is 2.27. The summed E-state index contributed by atoms with van der Waals surface area (Å²) in [5.74, 6) is 0.554. The number of ether oxygens (including phenoxy) is 2. The average Bonchev–Trinajstić information content (AvgIpc) is 2.68. The summed E-state index contributed by atoms with van der Waals surface area (Å²) in [6, 6.07) is 15.0. The van der Waals surface area contributed by atoms with E-state index in [-0.39, 0.29) is 12.1 Å². The molecule has 0 bridgehead atoms. The molecule has 2 aromatic rings. The fraction of sp³-hybridized carbons (Fsp3) is 0.350. The van der Waals surface area contributed by atoms with Gasteiger partial charge in [0.15, 0.2) is 0 Å². The minimum atomic E-state index is -0.285. The van der Waals surface area contributed by atoms with E-state index in [1.807, 2.05) is 37.4 Å². The van der Waals surface area contributed by atoms with Gasteiger partial charge in [0.1, 0.15) is 12.4 Å². The van der Waals surface area contributed by atoms with Crippen molar-refractivity contribution in [2.75, 3.05) is 44.1 Å². The molecule has 0 aromatic heterocycles. The third-order valence-corrected chi connectivity index (χ3v) is 4.41. The van der Waals surface area contributed by atoms with Gasteiger partial charge in [-0.3, -0.25) is 0 Å². The molecule has 2 aromatic carbocycles. The molecular formula is C20H26ClN3O3. The fourth-order valence-corrected chi connectivity index (χ4v) is 2.64. The zero-order chi connectivity index (χ0) is 19.6. The van der Waals surface area contributed by atoms with Crippen LogP contribution in [0, 0.1) is 0 Å². The minimum absolute atomic E-state index is 0.137. The molecule has 0 saturated carbocycles. The molecule has 2 amide bonds. The molecule has 0 aliphatic rings. The monoisotopic (exact) mass is 391 g/mol. The summed E-state index contributed by atoms with van der Waals surface area (Å²) in [7, 11) is 3.61. The topological polar surface area (TPSA) is 62.8 Å². The van der Waals surface area contributed by atoms with Gasteiger partial charge in [-0.25, -0.2) is 4.79 Å². The molecule has 2 N–H and O–H groups in total. The summed E-state index contributed by atoms with van der Waals surface area (Å²) >= 11 is 6.18. The largest absolute Gasteiger partial charge is 0.490 e. The number of halogens is 1. The van der Waals surface area contributed by atoms with Crippen molar-refractivity contribution in [3.8, 4) is 5.75 Å². The lowest BCUT2D eigenvalue weighted by Gasteiger charge is -2.27. The van der Waals surface area contributed by atoms with Crippen molar-refractivity contribution in [3.63, 3.8) is 0 Å². The van der Waals surface area contributed by atoms with E-state index in [1.165, 1.54) is 0 Å². The SMILES string of the molecule is COCCOc1ccc(NC(=O)NCC(C)N(C)c2ccccc2)cc1Cl. The first-order chi connectivity index (χ1) is 13.0. The Hall–Kier alpha value is -2.44. The summed E-state index contributed by atoms with van der Waals surface area (Å²) in [6.07, 6.45) is 0. The number of benzene rings is 2. The van der Waals surface area contributed by atoms with Gasteiger partial charge in [0.2, 0.25) is 0 Å². The molecule has 7 heteroatoms. The number of anilines is 2. The highest BCUT2D eigenvalue weighted by atomic mass is 35.5.